The molecule has 1 aliphatic heterocycles. The molecule has 1 aliphatic rings. The standard InChI is InChI=1S/C12H17ClN2/c1-9-5-6-15(8-9)12-10(7-14)3-2-4-11(12)13/h2-4,9H,5-8,14H2,1H3. The summed E-state index contributed by atoms with van der Waals surface area (Å²) in [6, 6.07) is 5.97. The highest BCUT2D eigenvalue weighted by atomic mass is 35.5. The Morgan fingerprint density at radius 1 is 1.53 bits per heavy atom. The number of anilines is 1. The fourth-order valence-electron chi connectivity index (χ4n) is 2.22. The van der Waals surface area contributed by atoms with Crippen molar-refractivity contribution in [2.45, 2.75) is 19.9 Å². The lowest BCUT2D eigenvalue weighted by molar-refractivity contribution is 0.659. The van der Waals surface area contributed by atoms with Crippen LogP contribution in [0.5, 0.6) is 0 Å². The predicted octanol–water partition coefficient (Wildman–Crippen LogP) is 2.64. The summed E-state index contributed by atoms with van der Waals surface area (Å²) in [4.78, 5) is 2.36. The molecule has 3 heteroatoms. The van der Waals surface area contributed by atoms with Gasteiger partial charge in [0.1, 0.15) is 0 Å². The highest BCUT2D eigenvalue weighted by Crippen LogP contribution is 2.33. The molecule has 0 saturated carbocycles. The molecule has 0 bridgehead atoms. The fourth-order valence-corrected chi connectivity index (χ4v) is 2.53. The maximum atomic E-state index is 6.24. The van der Waals surface area contributed by atoms with Gasteiger partial charge in [-0.2, -0.15) is 0 Å². The van der Waals surface area contributed by atoms with Crippen LogP contribution in [-0.2, 0) is 6.54 Å². The first kappa shape index (κ1) is 10.8. The lowest BCUT2D eigenvalue weighted by Gasteiger charge is -2.22. The van der Waals surface area contributed by atoms with Gasteiger partial charge in [0.15, 0.2) is 0 Å². The van der Waals surface area contributed by atoms with Crippen molar-refractivity contribution in [3.8, 4) is 0 Å². The van der Waals surface area contributed by atoms with Gasteiger partial charge in [-0.1, -0.05) is 30.7 Å². The molecule has 1 atom stereocenters. The molecule has 0 spiro atoms. The minimum absolute atomic E-state index is 0.556. The molecule has 82 valence electrons. The minimum Gasteiger partial charge on any atom is -0.370 e. The maximum absolute atomic E-state index is 6.24. The highest BCUT2D eigenvalue weighted by molar-refractivity contribution is 6.33. The van der Waals surface area contributed by atoms with Crippen LogP contribution in [0.1, 0.15) is 18.9 Å². The van der Waals surface area contributed by atoms with E-state index >= 15 is 0 Å². The van der Waals surface area contributed by atoms with Gasteiger partial charge in [-0.25, -0.2) is 0 Å². The van der Waals surface area contributed by atoms with Crippen molar-refractivity contribution < 1.29 is 0 Å². The molecule has 0 aliphatic carbocycles. The van der Waals surface area contributed by atoms with E-state index in [2.05, 4.69) is 17.9 Å². The van der Waals surface area contributed by atoms with E-state index < -0.39 is 0 Å². The van der Waals surface area contributed by atoms with Gasteiger partial charge in [0.2, 0.25) is 0 Å². The van der Waals surface area contributed by atoms with E-state index in [1.54, 1.807) is 0 Å². The molecule has 2 rings (SSSR count). The molecule has 0 aromatic heterocycles. The number of halogens is 1. The molecule has 1 heterocycles. The molecule has 2 nitrogen and oxygen atoms in total. The monoisotopic (exact) mass is 224 g/mol. The van der Waals surface area contributed by atoms with Crippen molar-refractivity contribution in [3.05, 3.63) is 28.8 Å². The number of para-hydroxylation sites is 1. The lowest BCUT2D eigenvalue weighted by Crippen LogP contribution is -2.21. The van der Waals surface area contributed by atoms with Gasteiger partial charge < -0.3 is 10.6 Å². The van der Waals surface area contributed by atoms with Crippen molar-refractivity contribution in [1.29, 1.82) is 0 Å². The third-order valence-corrected chi connectivity index (χ3v) is 3.34. The quantitative estimate of drug-likeness (QED) is 0.837. The predicted molar refractivity (Wildman–Crippen MR) is 65.3 cm³/mol. The first-order valence-corrected chi connectivity index (χ1v) is 5.82. The average molecular weight is 225 g/mol. The maximum Gasteiger partial charge on any atom is 0.0642 e. The van der Waals surface area contributed by atoms with Gasteiger partial charge in [-0.05, 0) is 24.0 Å². The summed E-state index contributed by atoms with van der Waals surface area (Å²) in [5.74, 6) is 0.756. The second-order valence-corrected chi connectivity index (χ2v) is 4.70. The summed E-state index contributed by atoms with van der Waals surface area (Å²) in [5.41, 5.74) is 8.03. The van der Waals surface area contributed by atoms with Crippen molar-refractivity contribution >= 4 is 17.3 Å². The van der Waals surface area contributed by atoms with Crippen molar-refractivity contribution in [3.63, 3.8) is 0 Å². The second-order valence-electron chi connectivity index (χ2n) is 4.29. The smallest absolute Gasteiger partial charge is 0.0642 e. The molecule has 1 saturated heterocycles. The number of nitrogens with two attached hydrogens (primary N) is 1. The normalized spacial score (nSPS) is 21.0. The van der Waals surface area contributed by atoms with Crippen LogP contribution in [0.2, 0.25) is 5.02 Å². The molecule has 0 amide bonds. The Balaban J connectivity index is 2.33. The lowest BCUT2D eigenvalue weighted by atomic mass is 10.1. The molecular formula is C12H17ClN2. The molecule has 15 heavy (non-hydrogen) atoms. The minimum atomic E-state index is 0.556. The second kappa shape index (κ2) is 4.42. The van der Waals surface area contributed by atoms with E-state index in [0.717, 1.165) is 35.3 Å². The number of hydrogen-bond donors (Lipinski definition) is 1. The van der Waals surface area contributed by atoms with Crippen LogP contribution in [0.3, 0.4) is 0 Å². The zero-order valence-corrected chi connectivity index (χ0v) is 9.80. The van der Waals surface area contributed by atoms with Crippen LogP contribution < -0.4 is 10.6 Å². The summed E-state index contributed by atoms with van der Waals surface area (Å²) in [5, 5.41) is 0.826. The Kier molecular flexibility index (Phi) is 3.17. The fraction of sp³-hybridized carbons (Fsp3) is 0.500. The van der Waals surface area contributed by atoms with E-state index in [-0.39, 0.29) is 0 Å². The molecule has 1 fully saturated rings. The van der Waals surface area contributed by atoms with Crippen LogP contribution in [0.15, 0.2) is 18.2 Å². The van der Waals surface area contributed by atoms with Crippen LogP contribution in [0, 0.1) is 5.92 Å². The summed E-state index contributed by atoms with van der Waals surface area (Å²) >= 11 is 6.24. The Bertz CT molecular complexity index is 351. The zero-order valence-electron chi connectivity index (χ0n) is 9.04. The van der Waals surface area contributed by atoms with Crippen molar-refractivity contribution in [1.82, 2.24) is 0 Å². The average Bonchev–Trinajstić information content (AvgIpc) is 2.64. The third kappa shape index (κ3) is 2.11. The summed E-state index contributed by atoms with van der Waals surface area (Å²) in [6.45, 7) is 5.02. The van der Waals surface area contributed by atoms with Crippen LogP contribution >= 0.6 is 11.6 Å². The molecule has 2 N–H and O–H groups in total. The van der Waals surface area contributed by atoms with E-state index in [1.807, 2.05) is 12.1 Å². The van der Waals surface area contributed by atoms with Gasteiger partial charge in [0, 0.05) is 19.6 Å². The van der Waals surface area contributed by atoms with Gasteiger partial charge in [-0.3, -0.25) is 0 Å². The number of benzene rings is 1. The molecule has 1 aromatic carbocycles. The van der Waals surface area contributed by atoms with Gasteiger partial charge in [0.05, 0.1) is 10.7 Å². The molecular weight excluding hydrogens is 208 g/mol. The van der Waals surface area contributed by atoms with Gasteiger partial charge in [-0.15, -0.1) is 0 Å². The number of hydrogen-bond acceptors (Lipinski definition) is 2. The molecule has 0 radical (unpaired) electrons. The SMILES string of the molecule is CC1CCN(c2c(Cl)cccc2CN)C1. The molecule has 1 aromatic rings. The van der Waals surface area contributed by atoms with Crippen LogP contribution in [0.25, 0.3) is 0 Å². The van der Waals surface area contributed by atoms with Crippen LogP contribution in [-0.4, -0.2) is 13.1 Å². The van der Waals surface area contributed by atoms with Crippen molar-refractivity contribution in [2.75, 3.05) is 18.0 Å². The Morgan fingerprint density at radius 2 is 2.33 bits per heavy atom. The Labute approximate surface area is 96.0 Å². The summed E-state index contributed by atoms with van der Waals surface area (Å²) in [7, 11) is 0. The first-order chi connectivity index (χ1) is 7.22. The van der Waals surface area contributed by atoms with E-state index in [9.17, 15) is 0 Å². The highest BCUT2D eigenvalue weighted by Gasteiger charge is 2.22. The van der Waals surface area contributed by atoms with E-state index in [0.29, 0.717) is 6.54 Å². The van der Waals surface area contributed by atoms with Crippen LogP contribution in [0.4, 0.5) is 5.69 Å². The van der Waals surface area contributed by atoms with E-state index in [4.69, 9.17) is 17.3 Å². The summed E-state index contributed by atoms with van der Waals surface area (Å²) < 4.78 is 0. The van der Waals surface area contributed by atoms with Gasteiger partial charge in [0.25, 0.3) is 0 Å². The largest absolute Gasteiger partial charge is 0.370 e. The Hall–Kier alpha value is -0.730. The zero-order chi connectivity index (χ0) is 10.8. The number of nitrogens with zero attached hydrogens (tertiary/aromatic N) is 1. The molecule has 1 unspecified atom stereocenters. The third-order valence-electron chi connectivity index (χ3n) is 3.03. The topological polar surface area (TPSA) is 29.3 Å². The number of rotatable bonds is 2. The summed E-state index contributed by atoms with van der Waals surface area (Å²) in [6.07, 6.45) is 1.25. The first-order valence-electron chi connectivity index (χ1n) is 5.44. The van der Waals surface area contributed by atoms with E-state index in [1.165, 1.54) is 6.42 Å². The van der Waals surface area contributed by atoms with Crippen molar-refractivity contribution in [2.24, 2.45) is 11.7 Å². The Morgan fingerprint density at radius 3 is 2.93 bits per heavy atom. The van der Waals surface area contributed by atoms with Gasteiger partial charge >= 0.3 is 0 Å².